The first-order valence-electron chi connectivity index (χ1n) is 25.3. The maximum Gasteiger partial charge on any atom is 0.407 e. The summed E-state index contributed by atoms with van der Waals surface area (Å²) in [4.78, 5) is 74.2. The topological polar surface area (TPSA) is 175 Å². The summed E-state index contributed by atoms with van der Waals surface area (Å²) in [5.41, 5.74) is 13.7. The predicted molar refractivity (Wildman–Crippen MR) is 268 cm³/mol. The quantitative estimate of drug-likeness (QED) is 0.105. The van der Waals surface area contributed by atoms with E-state index in [9.17, 15) is 19.2 Å². The highest BCUT2D eigenvalue weighted by Gasteiger charge is 2.56. The summed E-state index contributed by atoms with van der Waals surface area (Å²) < 4.78 is 9.75. The van der Waals surface area contributed by atoms with Crippen molar-refractivity contribution < 1.29 is 28.7 Å². The summed E-state index contributed by atoms with van der Waals surface area (Å²) in [7, 11) is 2.64. The van der Waals surface area contributed by atoms with Crippen molar-refractivity contribution in [1.82, 2.24) is 40.4 Å². The number of methoxy groups -OCH3 is 2. The van der Waals surface area contributed by atoms with Crippen LogP contribution in [-0.4, -0.2) is 93.1 Å². The van der Waals surface area contributed by atoms with Crippen molar-refractivity contribution in [2.45, 2.75) is 116 Å². The molecule has 4 amide bonds. The summed E-state index contributed by atoms with van der Waals surface area (Å²) in [5.74, 6) is 1.17. The third-order valence-corrected chi connectivity index (χ3v) is 16.2. The summed E-state index contributed by atoms with van der Waals surface area (Å²) >= 11 is 0. The van der Waals surface area contributed by atoms with Gasteiger partial charge in [-0.1, -0.05) is 76.2 Å². The van der Waals surface area contributed by atoms with E-state index in [1.54, 1.807) is 0 Å². The van der Waals surface area contributed by atoms with Crippen molar-refractivity contribution in [2.75, 3.05) is 27.3 Å². The fourth-order valence-corrected chi connectivity index (χ4v) is 11.7. The molecule has 14 heteroatoms. The van der Waals surface area contributed by atoms with Gasteiger partial charge in [0.2, 0.25) is 11.8 Å². The number of carbonyl (C=O) groups excluding carboxylic acids is 4. The number of hydrogen-bond donors (Lipinski definition) is 4. The van der Waals surface area contributed by atoms with Gasteiger partial charge < -0.3 is 39.9 Å². The summed E-state index contributed by atoms with van der Waals surface area (Å²) in [6, 6.07) is 25.1. The number of amides is 4. The highest BCUT2D eigenvalue weighted by Crippen LogP contribution is 2.59. The van der Waals surface area contributed by atoms with Gasteiger partial charge in [0, 0.05) is 13.1 Å². The van der Waals surface area contributed by atoms with E-state index in [1.807, 2.05) is 37.5 Å². The van der Waals surface area contributed by atoms with Crippen molar-refractivity contribution >= 4 is 46.1 Å². The Kier molecular flexibility index (Phi) is 11.5. The van der Waals surface area contributed by atoms with Gasteiger partial charge in [0.05, 0.1) is 48.4 Å². The van der Waals surface area contributed by atoms with Crippen molar-refractivity contribution in [3.8, 4) is 22.3 Å². The molecule has 4 heterocycles. The number of nitrogens with one attached hydrogen (secondary N) is 4. The minimum Gasteiger partial charge on any atom is -0.453 e. The van der Waals surface area contributed by atoms with E-state index >= 15 is 0 Å². The molecule has 0 radical (unpaired) electrons. The van der Waals surface area contributed by atoms with Crippen molar-refractivity contribution in [2.24, 2.45) is 22.7 Å². The highest BCUT2D eigenvalue weighted by molar-refractivity contribution is 5.89. The molecule has 6 aromatic rings. The first kappa shape index (κ1) is 45.7. The number of ether oxygens (including phenoxy) is 2. The van der Waals surface area contributed by atoms with Gasteiger partial charge in [-0.25, -0.2) is 19.6 Å². The van der Waals surface area contributed by atoms with Crippen molar-refractivity contribution in [3.63, 3.8) is 0 Å². The average Bonchev–Trinajstić information content (AvgIpc) is 4.00. The molecule has 14 rings (SSSR count). The fraction of sp³-hybridized carbons (Fsp3) is 0.464. The molecule has 8 aliphatic rings. The predicted octanol–water partition coefficient (Wildman–Crippen LogP) is 9.53. The number of fused-ring (bicyclic) bond motifs is 2. The maximum absolute atomic E-state index is 14.1. The molecule has 70 heavy (non-hydrogen) atoms. The van der Waals surface area contributed by atoms with E-state index in [-0.39, 0.29) is 46.6 Å². The minimum atomic E-state index is -0.691. The first-order chi connectivity index (χ1) is 33.7. The number of imidazole rings is 2. The van der Waals surface area contributed by atoms with Gasteiger partial charge >= 0.3 is 12.2 Å². The lowest BCUT2D eigenvalue weighted by atomic mass is 9.87. The largest absolute Gasteiger partial charge is 0.453 e. The number of benzene rings is 4. The van der Waals surface area contributed by atoms with Crippen LogP contribution in [-0.2, 0) is 44.7 Å². The lowest BCUT2D eigenvalue weighted by Gasteiger charge is -2.30. The average molecular weight is 945 g/mol. The monoisotopic (exact) mass is 944 g/mol. The van der Waals surface area contributed by atoms with Gasteiger partial charge in [-0.2, -0.15) is 0 Å². The van der Waals surface area contributed by atoms with Crippen LogP contribution in [0.1, 0.15) is 112 Å². The summed E-state index contributed by atoms with van der Waals surface area (Å²) in [5, 5.41) is 5.58. The Morgan fingerprint density at radius 2 is 1.00 bits per heavy atom. The number of nitrogens with zero attached hydrogens (tertiary/aromatic N) is 4. The van der Waals surface area contributed by atoms with Gasteiger partial charge in [-0.05, 0) is 156 Å². The first-order valence-corrected chi connectivity index (χ1v) is 25.3. The zero-order valence-electron chi connectivity index (χ0n) is 41.1. The number of aromatic nitrogens is 4. The molecule has 4 aromatic carbocycles. The van der Waals surface area contributed by atoms with Crippen LogP contribution in [0.5, 0.6) is 0 Å². The molecule has 364 valence electrons. The third kappa shape index (κ3) is 8.57. The summed E-state index contributed by atoms with van der Waals surface area (Å²) in [6.45, 7) is 9.09. The second kappa shape index (κ2) is 17.6. The second-order valence-electron chi connectivity index (χ2n) is 21.8. The Hall–Kier alpha value is -6.70. The number of carbonyl (C=O) groups is 4. The molecular formula is C56H64N8O6. The Bertz CT molecular complexity index is 2850. The van der Waals surface area contributed by atoms with Crippen LogP contribution < -0.4 is 10.6 Å². The van der Waals surface area contributed by atoms with Crippen LogP contribution in [0.3, 0.4) is 0 Å². The molecule has 2 saturated carbocycles. The Balaban J connectivity index is 0.838. The number of aromatic amines is 2. The van der Waals surface area contributed by atoms with Crippen LogP contribution in [0, 0.1) is 22.7 Å². The van der Waals surface area contributed by atoms with Gasteiger partial charge in [-0.3, -0.25) is 9.59 Å². The maximum atomic E-state index is 14.1. The van der Waals surface area contributed by atoms with E-state index in [2.05, 4.69) is 93.4 Å². The number of aryl methyl sites for hydroxylation is 4. The third-order valence-electron chi connectivity index (χ3n) is 16.2. The smallest absolute Gasteiger partial charge is 0.407 e. The van der Waals surface area contributed by atoms with Crippen molar-refractivity contribution in [3.05, 3.63) is 107 Å². The molecule has 4 atom stereocenters. The normalized spacial score (nSPS) is 20.6. The molecule has 2 aliphatic heterocycles. The van der Waals surface area contributed by atoms with Gasteiger partial charge in [0.1, 0.15) is 23.7 Å². The SMILES string of the molecule is COC(=O)N[C@H](C(=O)N1CC2(CC2)CC1c1nc2ccc(-c3cc4ccc3CCc3ccc(c(-c5ccc6nc([C@@H]7CC8(CC8)CN7C(=O)[C@@H](NC(=O)OC)C(C)C)[nH]c6c5)c3)CC4)cc2[nH]1)C(C)C. The van der Waals surface area contributed by atoms with Crippen LogP contribution in [0.2, 0.25) is 0 Å². The van der Waals surface area contributed by atoms with E-state index < -0.39 is 24.3 Å². The standard InChI is InChI=1S/C56H64N8O6/c1-31(2)47(61-53(67)69-5)51(65)63-29-55(19-20-55)27-45(63)49-57-41-17-15-37(25-43(41)59-49)39-23-33-7-11-35(39)13-9-34-8-12-36(14-10-33)40(24-34)38-16-18-42-44(26-38)60-50(58-42)46-28-56(21-22-56)30-64(46)52(66)48(32(3)4)62-54(68)70-6/h7-8,11-12,15-18,23-26,31-32,45-48H,9-10,13-14,19-22,27-30H2,1-6H3,(H,57,59)(H,58,60)(H,61,67)(H,62,68)/t45-,46?,47-,48-/m0/s1. The minimum absolute atomic E-state index is 0.0962. The van der Waals surface area contributed by atoms with E-state index in [1.165, 1.54) is 47.6 Å². The van der Waals surface area contributed by atoms with E-state index in [4.69, 9.17) is 19.4 Å². The Morgan fingerprint density at radius 1 is 0.586 bits per heavy atom. The molecule has 1 unspecified atom stereocenters. The second-order valence-corrected chi connectivity index (χ2v) is 21.8. The van der Waals surface area contributed by atoms with Crippen molar-refractivity contribution in [1.29, 1.82) is 0 Å². The van der Waals surface area contributed by atoms with Gasteiger partial charge in [0.15, 0.2) is 0 Å². The highest BCUT2D eigenvalue weighted by atomic mass is 16.5. The molecule has 14 nitrogen and oxygen atoms in total. The zero-order valence-corrected chi connectivity index (χ0v) is 41.1. The molecule has 4 N–H and O–H groups in total. The molecule has 2 saturated heterocycles. The zero-order chi connectivity index (χ0) is 48.6. The van der Waals surface area contributed by atoms with Gasteiger partial charge in [-0.15, -0.1) is 0 Å². The number of likely N-dealkylation sites (tertiary alicyclic amines) is 2. The number of H-pyrrole nitrogens is 2. The van der Waals surface area contributed by atoms with E-state index in [0.717, 1.165) is 109 Å². The Labute approximate surface area is 408 Å². The lowest BCUT2D eigenvalue weighted by Crippen LogP contribution is -2.51. The number of alkyl carbamates (subject to hydrolysis) is 2. The Morgan fingerprint density at radius 3 is 1.37 bits per heavy atom. The molecule has 4 fully saturated rings. The number of rotatable bonds is 10. The molecule has 2 aromatic heterocycles. The lowest BCUT2D eigenvalue weighted by molar-refractivity contribution is -0.136. The van der Waals surface area contributed by atoms with Crippen LogP contribution in [0.25, 0.3) is 44.3 Å². The summed E-state index contributed by atoms with van der Waals surface area (Å²) in [6.07, 6.45) is 8.33. The fourth-order valence-electron chi connectivity index (χ4n) is 11.7. The van der Waals surface area contributed by atoms with E-state index in [0.29, 0.717) is 13.1 Å². The van der Waals surface area contributed by atoms with Crippen LogP contribution >= 0.6 is 0 Å². The number of hydrogen-bond acceptors (Lipinski definition) is 8. The van der Waals surface area contributed by atoms with Crippen LogP contribution in [0.15, 0.2) is 72.8 Å². The molecule has 2 spiro atoms. The molecule has 4 bridgehead atoms. The van der Waals surface area contributed by atoms with Gasteiger partial charge in [0.25, 0.3) is 0 Å². The molecule has 6 aliphatic carbocycles. The van der Waals surface area contributed by atoms with Crippen LogP contribution in [0.4, 0.5) is 9.59 Å². The molecular weight excluding hydrogens is 881 g/mol.